The molecular formula is C15H24Cl2N4O2. The number of ether oxygens (including phenoxy) is 1. The molecule has 1 heterocycles. The Morgan fingerprint density at radius 3 is 2.78 bits per heavy atom. The number of nitrogens with zero attached hydrogens (tertiary/aromatic N) is 1. The Morgan fingerprint density at radius 1 is 1.39 bits per heavy atom. The van der Waals surface area contributed by atoms with Crippen LogP contribution in [0.25, 0.3) is 11.0 Å². The van der Waals surface area contributed by atoms with Gasteiger partial charge in [-0.15, -0.1) is 24.8 Å². The maximum absolute atomic E-state index is 11.7. The van der Waals surface area contributed by atoms with Crippen LogP contribution in [0.3, 0.4) is 0 Å². The third kappa shape index (κ3) is 6.74. The first-order chi connectivity index (χ1) is 10.2. The maximum atomic E-state index is 11.7. The summed E-state index contributed by atoms with van der Waals surface area (Å²) in [6, 6.07) is 7.94. The number of fused-ring (bicyclic) bond motifs is 1. The zero-order valence-electron chi connectivity index (χ0n) is 13.1. The van der Waals surface area contributed by atoms with Crippen molar-refractivity contribution in [3.8, 4) is 0 Å². The zero-order chi connectivity index (χ0) is 15.1. The highest BCUT2D eigenvalue weighted by Gasteiger charge is 2.10. The molecule has 1 unspecified atom stereocenters. The highest BCUT2D eigenvalue weighted by Crippen LogP contribution is 2.11. The van der Waals surface area contributed by atoms with Crippen molar-refractivity contribution < 1.29 is 9.53 Å². The van der Waals surface area contributed by atoms with Crippen LogP contribution >= 0.6 is 24.8 Å². The number of halogens is 2. The molecule has 0 bridgehead atoms. The van der Waals surface area contributed by atoms with Crippen LogP contribution in [0.5, 0.6) is 0 Å². The van der Waals surface area contributed by atoms with E-state index >= 15 is 0 Å². The number of carbonyl (C=O) groups is 1. The van der Waals surface area contributed by atoms with Gasteiger partial charge in [0.2, 0.25) is 5.91 Å². The van der Waals surface area contributed by atoms with Crippen molar-refractivity contribution in [3.63, 3.8) is 0 Å². The van der Waals surface area contributed by atoms with E-state index < -0.39 is 0 Å². The van der Waals surface area contributed by atoms with Crippen molar-refractivity contribution >= 4 is 41.8 Å². The molecule has 23 heavy (non-hydrogen) atoms. The molecule has 0 fully saturated rings. The van der Waals surface area contributed by atoms with Crippen LogP contribution in [-0.4, -0.2) is 42.2 Å². The van der Waals surface area contributed by atoms with E-state index in [0.29, 0.717) is 19.5 Å². The molecule has 0 aliphatic carbocycles. The fourth-order valence-electron chi connectivity index (χ4n) is 2.15. The van der Waals surface area contributed by atoms with Gasteiger partial charge in [0, 0.05) is 26.6 Å². The van der Waals surface area contributed by atoms with Gasteiger partial charge in [0.25, 0.3) is 0 Å². The van der Waals surface area contributed by atoms with Crippen LogP contribution < -0.4 is 11.1 Å². The minimum absolute atomic E-state index is 0. The Bertz CT molecular complexity index is 555. The van der Waals surface area contributed by atoms with E-state index in [1.807, 2.05) is 24.3 Å². The second kappa shape index (κ2) is 11.2. The molecule has 0 aliphatic rings. The van der Waals surface area contributed by atoms with Gasteiger partial charge in [-0.25, -0.2) is 4.98 Å². The number of imidazole rings is 1. The third-order valence-corrected chi connectivity index (χ3v) is 3.36. The number of methoxy groups -OCH3 is 1. The molecule has 1 aromatic carbocycles. The fraction of sp³-hybridized carbons (Fsp3) is 0.467. The Morgan fingerprint density at radius 2 is 2.13 bits per heavy atom. The molecule has 2 rings (SSSR count). The largest absolute Gasteiger partial charge is 0.380 e. The number of aromatic amines is 1. The molecule has 130 valence electrons. The van der Waals surface area contributed by atoms with Gasteiger partial charge >= 0.3 is 0 Å². The average Bonchev–Trinajstić information content (AvgIpc) is 2.92. The normalized spacial score (nSPS) is 11.4. The van der Waals surface area contributed by atoms with Gasteiger partial charge in [0.05, 0.1) is 23.6 Å². The number of amides is 1. The number of aryl methyl sites for hydroxylation is 1. The van der Waals surface area contributed by atoms with E-state index in [1.54, 1.807) is 7.11 Å². The van der Waals surface area contributed by atoms with Gasteiger partial charge in [0.15, 0.2) is 0 Å². The van der Waals surface area contributed by atoms with Gasteiger partial charge in [-0.3, -0.25) is 4.79 Å². The number of rotatable bonds is 8. The van der Waals surface area contributed by atoms with Crippen molar-refractivity contribution in [2.75, 3.05) is 20.2 Å². The molecule has 4 N–H and O–H groups in total. The number of H-pyrrole nitrogens is 1. The predicted octanol–water partition coefficient (Wildman–Crippen LogP) is 1.82. The SMILES string of the molecule is COC(CN)CC(=O)NCCCc1nc2ccccc2[nH]1.Cl.Cl. The number of nitrogens with two attached hydrogens (primary N) is 1. The monoisotopic (exact) mass is 362 g/mol. The first-order valence-corrected chi connectivity index (χ1v) is 7.16. The van der Waals surface area contributed by atoms with E-state index in [1.165, 1.54) is 0 Å². The lowest BCUT2D eigenvalue weighted by molar-refractivity contribution is -0.123. The Balaban J connectivity index is 0.00000242. The quantitative estimate of drug-likeness (QED) is 0.624. The molecule has 0 radical (unpaired) electrons. The Hall–Kier alpha value is -1.34. The number of nitrogens with one attached hydrogen (secondary N) is 2. The minimum atomic E-state index is -0.208. The number of carbonyl (C=O) groups excluding carboxylic acids is 1. The van der Waals surface area contributed by atoms with Gasteiger partial charge in [0.1, 0.15) is 5.82 Å². The van der Waals surface area contributed by atoms with Crippen molar-refractivity contribution in [1.82, 2.24) is 15.3 Å². The van der Waals surface area contributed by atoms with E-state index in [-0.39, 0.29) is 36.8 Å². The summed E-state index contributed by atoms with van der Waals surface area (Å²) in [4.78, 5) is 19.4. The van der Waals surface area contributed by atoms with Crippen molar-refractivity contribution in [2.45, 2.75) is 25.4 Å². The highest BCUT2D eigenvalue weighted by atomic mass is 35.5. The maximum Gasteiger partial charge on any atom is 0.222 e. The molecular weight excluding hydrogens is 339 g/mol. The van der Waals surface area contributed by atoms with Crippen molar-refractivity contribution in [1.29, 1.82) is 0 Å². The molecule has 1 aromatic heterocycles. The summed E-state index contributed by atoms with van der Waals surface area (Å²) in [6.45, 7) is 0.972. The second-order valence-corrected chi connectivity index (χ2v) is 4.95. The number of hydrogen-bond donors (Lipinski definition) is 3. The molecule has 0 saturated carbocycles. The standard InChI is InChI=1S/C15H22N4O2.2ClH/c1-21-11(10-16)9-15(20)17-8-4-7-14-18-12-5-2-3-6-13(12)19-14;;/h2-3,5-6,11H,4,7-10,16H2,1H3,(H,17,20)(H,18,19);2*1H. The Labute approximate surface area is 148 Å². The zero-order valence-corrected chi connectivity index (χ0v) is 14.7. The van der Waals surface area contributed by atoms with Crippen LogP contribution in [0, 0.1) is 0 Å². The van der Waals surface area contributed by atoms with Crippen LogP contribution in [0.1, 0.15) is 18.7 Å². The van der Waals surface area contributed by atoms with E-state index in [0.717, 1.165) is 29.7 Å². The van der Waals surface area contributed by atoms with E-state index in [9.17, 15) is 4.79 Å². The summed E-state index contributed by atoms with van der Waals surface area (Å²) >= 11 is 0. The molecule has 1 atom stereocenters. The lowest BCUT2D eigenvalue weighted by Crippen LogP contribution is -2.32. The van der Waals surface area contributed by atoms with E-state index in [4.69, 9.17) is 10.5 Å². The van der Waals surface area contributed by atoms with Crippen molar-refractivity contribution in [2.24, 2.45) is 5.73 Å². The summed E-state index contributed by atoms with van der Waals surface area (Å²) < 4.78 is 5.08. The van der Waals surface area contributed by atoms with Crippen molar-refractivity contribution in [3.05, 3.63) is 30.1 Å². The van der Waals surface area contributed by atoms with Crippen LogP contribution in [0.2, 0.25) is 0 Å². The third-order valence-electron chi connectivity index (χ3n) is 3.36. The smallest absolute Gasteiger partial charge is 0.222 e. The summed E-state index contributed by atoms with van der Waals surface area (Å²) in [5.41, 5.74) is 7.50. The summed E-state index contributed by atoms with van der Waals surface area (Å²) in [7, 11) is 1.56. The number of hydrogen-bond acceptors (Lipinski definition) is 4. The van der Waals surface area contributed by atoms with Gasteiger partial charge < -0.3 is 20.8 Å². The lowest BCUT2D eigenvalue weighted by Gasteiger charge is -2.12. The van der Waals surface area contributed by atoms with Gasteiger partial charge in [-0.05, 0) is 18.6 Å². The summed E-state index contributed by atoms with van der Waals surface area (Å²) in [5.74, 6) is 0.916. The molecule has 0 spiro atoms. The van der Waals surface area contributed by atoms with Gasteiger partial charge in [-0.2, -0.15) is 0 Å². The summed E-state index contributed by atoms with van der Waals surface area (Å²) in [6.07, 6.45) is 1.74. The molecule has 1 amide bonds. The average molecular weight is 363 g/mol. The number of para-hydroxylation sites is 2. The predicted molar refractivity (Wildman–Crippen MR) is 96.4 cm³/mol. The number of aromatic nitrogens is 2. The lowest BCUT2D eigenvalue weighted by atomic mass is 10.2. The first-order valence-electron chi connectivity index (χ1n) is 7.16. The fourth-order valence-corrected chi connectivity index (χ4v) is 2.15. The van der Waals surface area contributed by atoms with E-state index in [2.05, 4.69) is 15.3 Å². The van der Waals surface area contributed by atoms with Crippen LogP contribution in [-0.2, 0) is 16.0 Å². The molecule has 2 aromatic rings. The topological polar surface area (TPSA) is 93.0 Å². The second-order valence-electron chi connectivity index (χ2n) is 4.95. The minimum Gasteiger partial charge on any atom is -0.380 e. The van der Waals surface area contributed by atoms with Crippen LogP contribution in [0.4, 0.5) is 0 Å². The molecule has 6 nitrogen and oxygen atoms in total. The molecule has 0 aliphatic heterocycles. The Kier molecular flexibility index (Phi) is 10.6. The molecule has 0 saturated heterocycles. The summed E-state index contributed by atoms with van der Waals surface area (Å²) in [5, 5.41) is 2.87. The first kappa shape index (κ1) is 21.7. The van der Waals surface area contributed by atoms with Gasteiger partial charge in [-0.1, -0.05) is 12.1 Å². The highest BCUT2D eigenvalue weighted by molar-refractivity contribution is 5.85. The molecule has 8 heteroatoms. The number of benzene rings is 1. The van der Waals surface area contributed by atoms with Crippen LogP contribution in [0.15, 0.2) is 24.3 Å².